The summed E-state index contributed by atoms with van der Waals surface area (Å²) in [4.78, 5) is 0. The molecule has 0 unspecified atom stereocenters. The molecule has 0 N–H and O–H groups in total. The van der Waals surface area contributed by atoms with Crippen molar-refractivity contribution in [2.24, 2.45) is 7.05 Å². The Hall–Kier alpha value is -4.30. The summed E-state index contributed by atoms with van der Waals surface area (Å²) in [6.07, 6.45) is 0. The zero-order chi connectivity index (χ0) is 21.9. The molecule has 7 rings (SSSR count). The summed E-state index contributed by atoms with van der Waals surface area (Å²) < 4.78 is 4.80. The molecule has 0 aliphatic heterocycles. The zero-order valence-corrected chi connectivity index (χ0v) is 18.4. The molecule has 0 radical (unpaired) electrons. The van der Waals surface area contributed by atoms with Gasteiger partial charge >= 0.3 is 0 Å². The lowest BCUT2D eigenvalue weighted by Crippen LogP contribution is -1.96. The van der Waals surface area contributed by atoms with E-state index < -0.39 is 0 Å². The number of fused-ring (bicyclic) bond motifs is 7. The smallest absolute Gasteiger partial charge is 0.0785 e. The molecular weight excluding hydrogens is 400 g/mol. The molecule has 0 bridgehead atoms. The van der Waals surface area contributed by atoms with Gasteiger partial charge in [0.2, 0.25) is 0 Å². The third-order valence-electron chi connectivity index (χ3n) is 6.92. The number of aromatic nitrogens is 2. The Morgan fingerprint density at radius 1 is 0.485 bits per heavy atom. The van der Waals surface area contributed by atoms with Gasteiger partial charge < -0.3 is 9.13 Å². The summed E-state index contributed by atoms with van der Waals surface area (Å²) in [5.41, 5.74) is 8.71. The predicted octanol–water partition coefficient (Wildman–Crippen LogP) is 8.10. The van der Waals surface area contributed by atoms with Gasteiger partial charge in [-0.15, -0.1) is 0 Å². The number of rotatable bonds is 2. The van der Waals surface area contributed by atoms with E-state index in [1.165, 1.54) is 60.4 Å². The highest BCUT2D eigenvalue weighted by atomic mass is 15.0. The molecule has 0 fully saturated rings. The summed E-state index contributed by atoms with van der Waals surface area (Å²) in [6.45, 7) is 0. The van der Waals surface area contributed by atoms with Crippen molar-refractivity contribution in [2.45, 2.75) is 0 Å². The van der Waals surface area contributed by atoms with E-state index in [2.05, 4.69) is 131 Å². The lowest BCUT2D eigenvalue weighted by Gasteiger charge is -2.10. The van der Waals surface area contributed by atoms with E-state index in [0.29, 0.717) is 0 Å². The highest BCUT2D eigenvalue weighted by Crippen LogP contribution is 2.42. The van der Waals surface area contributed by atoms with E-state index >= 15 is 0 Å². The fraction of sp³-hybridized carbons (Fsp3) is 0.0323. The molecule has 0 aliphatic carbocycles. The molecule has 0 saturated heterocycles. The van der Waals surface area contributed by atoms with Crippen molar-refractivity contribution in [3.63, 3.8) is 0 Å². The van der Waals surface area contributed by atoms with E-state index in [1.807, 2.05) is 0 Å². The second kappa shape index (κ2) is 6.85. The molecule has 5 aromatic carbocycles. The Bertz CT molecular complexity index is 1800. The van der Waals surface area contributed by atoms with Gasteiger partial charge in [0.25, 0.3) is 0 Å². The fourth-order valence-electron chi connectivity index (χ4n) is 5.51. The predicted molar refractivity (Wildman–Crippen MR) is 140 cm³/mol. The molecule has 2 heterocycles. The van der Waals surface area contributed by atoms with Gasteiger partial charge in [-0.2, -0.15) is 0 Å². The number of nitrogens with zero attached hydrogens (tertiary/aromatic N) is 2. The molecular formula is C31H22N2. The third-order valence-corrected chi connectivity index (χ3v) is 6.92. The van der Waals surface area contributed by atoms with Crippen molar-refractivity contribution in [3.8, 4) is 16.8 Å². The summed E-state index contributed by atoms with van der Waals surface area (Å²) in [6, 6.07) is 41.5. The molecule has 0 amide bonds. The van der Waals surface area contributed by atoms with Gasteiger partial charge in [0.15, 0.2) is 0 Å². The lowest BCUT2D eigenvalue weighted by molar-refractivity contribution is 1.01. The number of aryl methyl sites for hydroxylation is 1. The van der Waals surface area contributed by atoms with E-state index in [4.69, 9.17) is 0 Å². The van der Waals surface area contributed by atoms with Crippen LogP contribution >= 0.6 is 0 Å². The van der Waals surface area contributed by atoms with Crippen LogP contribution in [0.5, 0.6) is 0 Å². The van der Waals surface area contributed by atoms with E-state index in [0.717, 1.165) is 0 Å². The maximum absolute atomic E-state index is 2.44. The van der Waals surface area contributed by atoms with Crippen molar-refractivity contribution in [1.82, 2.24) is 9.13 Å². The molecule has 2 aromatic heterocycles. The molecule has 156 valence electrons. The van der Waals surface area contributed by atoms with Gasteiger partial charge in [-0.3, -0.25) is 0 Å². The molecule has 33 heavy (non-hydrogen) atoms. The monoisotopic (exact) mass is 422 g/mol. The highest BCUT2D eigenvalue weighted by molar-refractivity contribution is 6.25. The van der Waals surface area contributed by atoms with Crippen LogP contribution in [0.3, 0.4) is 0 Å². The first kappa shape index (κ1) is 18.3. The Morgan fingerprint density at radius 3 is 1.97 bits per heavy atom. The van der Waals surface area contributed by atoms with Crippen molar-refractivity contribution in [2.75, 3.05) is 0 Å². The Morgan fingerprint density at radius 2 is 1.15 bits per heavy atom. The Labute approximate surface area is 191 Å². The molecule has 7 aromatic rings. The van der Waals surface area contributed by atoms with Gasteiger partial charge in [-0.05, 0) is 35.4 Å². The van der Waals surface area contributed by atoms with Crippen molar-refractivity contribution >= 4 is 43.6 Å². The average Bonchev–Trinajstić information content (AvgIpc) is 3.38. The Balaban J connectivity index is 1.77. The summed E-state index contributed by atoms with van der Waals surface area (Å²) in [5.74, 6) is 0. The first-order valence-electron chi connectivity index (χ1n) is 11.4. The second-order valence-electron chi connectivity index (χ2n) is 8.67. The number of hydrogen-bond acceptors (Lipinski definition) is 0. The number of hydrogen-bond donors (Lipinski definition) is 0. The van der Waals surface area contributed by atoms with Crippen LogP contribution in [0.15, 0.2) is 115 Å². The molecule has 2 heteroatoms. The third kappa shape index (κ3) is 2.49. The van der Waals surface area contributed by atoms with Gasteiger partial charge in [-0.25, -0.2) is 0 Å². The van der Waals surface area contributed by atoms with Gasteiger partial charge in [-0.1, -0.05) is 91.0 Å². The maximum Gasteiger partial charge on any atom is 0.0785 e. The summed E-state index contributed by atoms with van der Waals surface area (Å²) in [5, 5.41) is 5.17. The van der Waals surface area contributed by atoms with Gasteiger partial charge in [0.1, 0.15) is 0 Å². The zero-order valence-electron chi connectivity index (χ0n) is 18.4. The minimum absolute atomic E-state index is 1.18. The minimum atomic E-state index is 1.18. The SMILES string of the molecule is Cn1c2ccccc2c2ccc3c4c(-c5ccccc5)cccc4n(-c4ccccc4)c3c21. The first-order valence-corrected chi connectivity index (χ1v) is 11.4. The van der Waals surface area contributed by atoms with Crippen LogP contribution in [-0.2, 0) is 7.05 Å². The largest absolute Gasteiger partial charge is 0.342 e. The lowest BCUT2D eigenvalue weighted by atomic mass is 9.99. The van der Waals surface area contributed by atoms with Crippen molar-refractivity contribution in [1.29, 1.82) is 0 Å². The number of para-hydroxylation sites is 2. The maximum atomic E-state index is 2.44. The van der Waals surface area contributed by atoms with Crippen LogP contribution in [0, 0.1) is 0 Å². The van der Waals surface area contributed by atoms with E-state index in [-0.39, 0.29) is 0 Å². The Kier molecular flexibility index (Phi) is 3.80. The van der Waals surface area contributed by atoms with Crippen LogP contribution in [-0.4, -0.2) is 9.13 Å². The molecule has 0 aliphatic rings. The standard InChI is InChI=1S/C31H22N2/c1-32-27-17-9-8-15-24(27)25-19-20-26-29-23(21-11-4-2-5-12-21)16-10-18-28(29)33(31(26)30(25)32)22-13-6-3-7-14-22/h2-20H,1H3. The number of benzene rings is 5. The minimum Gasteiger partial charge on any atom is -0.342 e. The van der Waals surface area contributed by atoms with E-state index in [1.54, 1.807) is 0 Å². The van der Waals surface area contributed by atoms with Crippen LogP contribution in [0.2, 0.25) is 0 Å². The normalized spacial score (nSPS) is 11.8. The second-order valence-corrected chi connectivity index (χ2v) is 8.67. The molecule has 0 spiro atoms. The first-order chi connectivity index (χ1) is 16.3. The van der Waals surface area contributed by atoms with Gasteiger partial charge in [0, 0.05) is 39.8 Å². The van der Waals surface area contributed by atoms with E-state index in [9.17, 15) is 0 Å². The molecule has 0 saturated carbocycles. The van der Waals surface area contributed by atoms with Crippen LogP contribution in [0.25, 0.3) is 60.4 Å². The average molecular weight is 423 g/mol. The quantitative estimate of drug-likeness (QED) is 0.266. The van der Waals surface area contributed by atoms with Crippen LogP contribution in [0.4, 0.5) is 0 Å². The summed E-state index contributed by atoms with van der Waals surface area (Å²) in [7, 11) is 2.19. The van der Waals surface area contributed by atoms with Crippen LogP contribution in [0.1, 0.15) is 0 Å². The fourth-order valence-corrected chi connectivity index (χ4v) is 5.51. The molecule has 0 atom stereocenters. The van der Waals surface area contributed by atoms with Gasteiger partial charge in [0.05, 0.1) is 16.6 Å². The molecule has 2 nitrogen and oxygen atoms in total. The highest BCUT2D eigenvalue weighted by Gasteiger charge is 2.20. The summed E-state index contributed by atoms with van der Waals surface area (Å²) >= 11 is 0. The van der Waals surface area contributed by atoms with Crippen molar-refractivity contribution < 1.29 is 0 Å². The van der Waals surface area contributed by atoms with Crippen LogP contribution < -0.4 is 0 Å². The topological polar surface area (TPSA) is 9.86 Å². The van der Waals surface area contributed by atoms with Crippen molar-refractivity contribution in [3.05, 3.63) is 115 Å².